The summed E-state index contributed by atoms with van der Waals surface area (Å²) in [5, 5.41) is 1.22. The number of likely N-dealkylation sites (tertiary alicyclic amines) is 1. The maximum atomic E-state index is 4.87. The zero-order chi connectivity index (χ0) is 15.4. The highest BCUT2D eigenvalue weighted by Gasteiger charge is 2.43. The molecule has 5 rings (SSSR count). The first kappa shape index (κ1) is 13.1. The number of aromatic nitrogens is 3. The van der Waals surface area contributed by atoms with Crippen molar-refractivity contribution in [3.63, 3.8) is 0 Å². The predicted octanol–water partition coefficient (Wildman–Crippen LogP) is 2.38. The van der Waals surface area contributed by atoms with E-state index in [1.807, 2.05) is 18.6 Å². The monoisotopic (exact) mass is 305 g/mol. The molecule has 1 N–H and O–H groups in total. The van der Waals surface area contributed by atoms with E-state index in [2.05, 4.69) is 51.1 Å². The number of anilines is 1. The molecule has 0 unspecified atom stereocenters. The number of nitrogens with zero attached hydrogens (tertiary/aromatic N) is 4. The van der Waals surface area contributed by atoms with Crippen molar-refractivity contribution in [2.24, 2.45) is 5.92 Å². The lowest BCUT2D eigenvalue weighted by molar-refractivity contribution is 0.0827. The maximum absolute atomic E-state index is 4.87. The average Bonchev–Trinajstić information content (AvgIpc) is 3.18. The molecule has 2 fully saturated rings. The van der Waals surface area contributed by atoms with Crippen LogP contribution in [0.3, 0.4) is 0 Å². The third-order valence-corrected chi connectivity index (χ3v) is 5.29. The number of hydrogen-bond donors (Lipinski definition) is 1. The van der Waals surface area contributed by atoms with Gasteiger partial charge in [-0.25, -0.2) is 4.98 Å². The fourth-order valence-corrected chi connectivity index (χ4v) is 3.94. The van der Waals surface area contributed by atoms with Crippen LogP contribution in [0, 0.1) is 5.92 Å². The lowest BCUT2D eigenvalue weighted by atomic mass is 9.93. The molecule has 116 valence electrons. The zero-order valence-corrected chi connectivity index (χ0v) is 13.1. The first-order valence-electron chi connectivity index (χ1n) is 8.13. The molecule has 5 nitrogen and oxygen atoms in total. The van der Waals surface area contributed by atoms with Gasteiger partial charge in [0.2, 0.25) is 0 Å². The number of nitrogens with one attached hydrogen (secondary N) is 1. The molecule has 0 radical (unpaired) electrons. The third-order valence-electron chi connectivity index (χ3n) is 5.29. The average molecular weight is 305 g/mol. The predicted molar refractivity (Wildman–Crippen MR) is 91.4 cm³/mol. The van der Waals surface area contributed by atoms with E-state index >= 15 is 0 Å². The molecule has 2 aromatic heterocycles. The molecule has 0 bridgehead atoms. The van der Waals surface area contributed by atoms with Crippen molar-refractivity contribution >= 4 is 16.7 Å². The summed E-state index contributed by atoms with van der Waals surface area (Å²) in [7, 11) is 2.21. The van der Waals surface area contributed by atoms with E-state index in [1.165, 1.54) is 11.9 Å². The molecule has 0 amide bonds. The Morgan fingerprint density at radius 1 is 1.13 bits per heavy atom. The number of likely N-dealkylation sites (N-methyl/N-ethyl adjacent to an activating group) is 1. The van der Waals surface area contributed by atoms with Gasteiger partial charge in [0, 0.05) is 48.9 Å². The fraction of sp³-hybridized carbons (Fsp3) is 0.333. The van der Waals surface area contributed by atoms with E-state index in [0.29, 0.717) is 6.04 Å². The highest BCUT2D eigenvalue weighted by molar-refractivity contribution is 5.84. The van der Waals surface area contributed by atoms with Crippen molar-refractivity contribution in [1.82, 2.24) is 19.9 Å². The number of aromatic amines is 1. The fourth-order valence-electron chi connectivity index (χ4n) is 3.94. The molecule has 0 aliphatic carbocycles. The molecular weight excluding hydrogens is 286 g/mol. The van der Waals surface area contributed by atoms with Gasteiger partial charge in [0.15, 0.2) is 0 Å². The van der Waals surface area contributed by atoms with Gasteiger partial charge in [0.1, 0.15) is 5.82 Å². The van der Waals surface area contributed by atoms with Gasteiger partial charge in [-0.15, -0.1) is 0 Å². The Balaban J connectivity index is 1.48. The van der Waals surface area contributed by atoms with Crippen molar-refractivity contribution in [2.75, 3.05) is 31.6 Å². The van der Waals surface area contributed by atoms with E-state index in [-0.39, 0.29) is 0 Å². The van der Waals surface area contributed by atoms with Crippen LogP contribution in [0.5, 0.6) is 0 Å². The second kappa shape index (κ2) is 4.80. The number of H-pyrrole nitrogens is 1. The Labute approximate surface area is 135 Å². The maximum Gasteiger partial charge on any atom is 0.147 e. The van der Waals surface area contributed by atoms with Crippen LogP contribution in [0.1, 0.15) is 0 Å². The molecule has 23 heavy (non-hydrogen) atoms. The number of benzene rings is 1. The van der Waals surface area contributed by atoms with Crippen LogP contribution in [0.25, 0.3) is 22.2 Å². The van der Waals surface area contributed by atoms with Crippen molar-refractivity contribution in [2.45, 2.75) is 6.04 Å². The summed E-state index contributed by atoms with van der Waals surface area (Å²) in [6.07, 6.45) is 5.71. The molecule has 3 aromatic rings. The lowest BCUT2D eigenvalue weighted by Crippen LogP contribution is -2.52. The Morgan fingerprint density at radius 3 is 2.96 bits per heavy atom. The topological polar surface area (TPSA) is 48.0 Å². The molecule has 2 aliphatic rings. The molecular formula is C18H19N5. The van der Waals surface area contributed by atoms with Crippen LogP contribution in [0.4, 0.5) is 5.82 Å². The normalized spacial score (nSPS) is 24.0. The Morgan fingerprint density at radius 2 is 2.09 bits per heavy atom. The quantitative estimate of drug-likeness (QED) is 0.790. The minimum atomic E-state index is 0.690. The van der Waals surface area contributed by atoms with Gasteiger partial charge >= 0.3 is 0 Å². The Hall–Kier alpha value is -2.40. The SMILES string of the molecule is CN1C[C@H]2CN(c3cncc(-c4ccc5cc[nH]c5c4)n3)C[C@H]21. The number of rotatable bonds is 2. The molecule has 0 spiro atoms. The van der Waals surface area contributed by atoms with Crippen LogP contribution in [-0.4, -0.2) is 52.6 Å². The molecule has 2 saturated heterocycles. The minimum absolute atomic E-state index is 0.690. The van der Waals surface area contributed by atoms with Gasteiger partial charge in [-0.1, -0.05) is 12.1 Å². The van der Waals surface area contributed by atoms with E-state index in [4.69, 9.17) is 4.98 Å². The van der Waals surface area contributed by atoms with E-state index in [0.717, 1.165) is 41.6 Å². The molecule has 1 aromatic carbocycles. The van der Waals surface area contributed by atoms with E-state index < -0.39 is 0 Å². The van der Waals surface area contributed by atoms with Crippen molar-refractivity contribution in [1.29, 1.82) is 0 Å². The summed E-state index contributed by atoms with van der Waals surface area (Å²) in [5.74, 6) is 1.79. The molecule has 2 aliphatic heterocycles. The van der Waals surface area contributed by atoms with Gasteiger partial charge in [-0.2, -0.15) is 0 Å². The highest BCUT2D eigenvalue weighted by Crippen LogP contribution is 2.33. The van der Waals surface area contributed by atoms with Crippen LogP contribution >= 0.6 is 0 Å². The number of hydrogen-bond acceptors (Lipinski definition) is 4. The van der Waals surface area contributed by atoms with Gasteiger partial charge in [0.25, 0.3) is 0 Å². The Bertz CT molecular complexity index is 870. The summed E-state index contributed by atoms with van der Waals surface area (Å²) in [5.41, 5.74) is 3.18. The van der Waals surface area contributed by atoms with Crippen LogP contribution in [0.15, 0.2) is 42.9 Å². The summed E-state index contributed by atoms with van der Waals surface area (Å²) in [6, 6.07) is 9.16. The summed E-state index contributed by atoms with van der Waals surface area (Å²) in [6.45, 7) is 3.37. The highest BCUT2D eigenvalue weighted by atomic mass is 15.3. The van der Waals surface area contributed by atoms with E-state index in [9.17, 15) is 0 Å². The standard InChI is InChI=1S/C18H19N5/c1-22-9-14-10-23(11-17(14)22)18-8-19-7-16(21-18)13-3-2-12-4-5-20-15(12)6-13/h2-8,14,17,20H,9-11H2,1H3/t14-,17+/m0/s1. The Kier molecular flexibility index (Phi) is 2.73. The molecule has 5 heteroatoms. The van der Waals surface area contributed by atoms with Crippen LogP contribution in [-0.2, 0) is 0 Å². The smallest absolute Gasteiger partial charge is 0.147 e. The summed E-state index contributed by atoms with van der Waals surface area (Å²) in [4.78, 5) is 17.4. The third kappa shape index (κ3) is 2.04. The lowest BCUT2D eigenvalue weighted by Gasteiger charge is -2.40. The van der Waals surface area contributed by atoms with Crippen molar-refractivity contribution < 1.29 is 0 Å². The van der Waals surface area contributed by atoms with Crippen LogP contribution < -0.4 is 4.90 Å². The second-order valence-electron chi connectivity index (χ2n) is 6.71. The molecule has 4 heterocycles. The zero-order valence-electron chi connectivity index (χ0n) is 13.1. The van der Waals surface area contributed by atoms with E-state index in [1.54, 1.807) is 0 Å². The molecule has 2 atom stereocenters. The first-order valence-corrected chi connectivity index (χ1v) is 8.13. The first-order chi connectivity index (χ1) is 11.3. The van der Waals surface area contributed by atoms with Gasteiger partial charge in [-0.3, -0.25) is 4.98 Å². The second-order valence-corrected chi connectivity index (χ2v) is 6.71. The van der Waals surface area contributed by atoms with Crippen LogP contribution in [0.2, 0.25) is 0 Å². The minimum Gasteiger partial charge on any atom is -0.361 e. The van der Waals surface area contributed by atoms with Gasteiger partial charge < -0.3 is 14.8 Å². The van der Waals surface area contributed by atoms with Gasteiger partial charge in [-0.05, 0) is 24.6 Å². The summed E-state index contributed by atoms with van der Waals surface area (Å²) >= 11 is 0. The number of fused-ring (bicyclic) bond motifs is 2. The largest absolute Gasteiger partial charge is 0.361 e. The molecule has 0 saturated carbocycles. The summed E-state index contributed by atoms with van der Waals surface area (Å²) < 4.78 is 0. The van der Waals surface area contributed by atoms with Crippen molar-refractivity contribution in [3.8, 4) is 11.3 Å². The van der Waals surface area contributed by atoms with Crippen molar-refractivity contribution in [3.05, 3.63) is 42.9 Å². The van der Waals surface area contributed by atoms with Gasteiger partial charge in [0.05, 0.1) is 18.1 Å².